The molecule has 39 heavy (non-hydrogen) atoms. The molecule has 2 heterocycles. The van der Waals surface area contributed by atoms with E-state index in [1.807, 2.05) is 0 Å². The number of imidazole rings is 1. The van der Waals surface area contributed by atoms with Crippen LogP contribution in [0.4, 0.5) is 10.7 Å². The lowest BCUT2D eigenvalue weighted by molar-refractivity contribution is 0.105. The van der Waals surface area contributed by atoms with Crippen molar-refractivity contribution in [2.45, 2.75) is 45.8 Å². The molecule has 1 aromatic heterocycles. The van der Waals surface area contributed by atoms with Crippen molar-refractivity contribution in [3.05, 3.63) is 95.6 Å². The third-order valence-corrected chi connectivity index (χ3v) is 7.58. The standard InChI is InChI=1S/C32H40N6O/c1-3-5-18-33-32(39)35-31-34-28-23-25(16-17-29(28)38(31)4-2)24-36-19-21-37(22-20-36)30(26-12-8-6-9-13-26)27-14-10-7-11-15-27/h6-17,23,30H,3-5,18-22,24H2,1-2H3,(H2,33,34,35,39). The minimum Gasteiger partial charge on any atom is -0.338 e. The summed E-state index contributed by atoms with van der Waals surface area (Å²) in [4.78, 5) is 22.2. The first-order valence-corrected chi connectivity index (χ1v) is 14.3. The minimum atomic E-state index is -0.198. The Morgan fingerprint density at radius 2 is 1.56 bits per heavy atom. The van der Waals surface area contributed by atoms with Crippen LogP contribution in [0.3, 0.4) is 0 Å². The van der Waals surface area contributed by atoms with Gasteiger partial charge in [-0.05, 0) is 42.2 Å². The molecule has 7 heteroatoms. The van der Waals surface area contributed by atoms with E-state index in [1.165, 1.54) is 16.7 Å². The molecule has 2 N–H and O–H groups in total. The Hall–Kier alpha value is -3.68. The van der Waals surface area contributed by atoms with Crippen molar-refractivity contribution in [2.75, 3.05) is 38.0 Å². The third kappa shape index (κ3) is 6.49. The van der Waals surface area contributed by atoms with Gasteiger partial charge in [-0.25, -0.2) is 9.78 Å². The maximum atomic E-state index is 12.3. The molecule has 0 atom stereocenters. The number of urea groups is 1. The predicted molar refractivity (Wildman–Crippen MR) is 159 cm³/mol. The van der Waals surface area contributed by atoms with Gasteiger partial charge in [-0.1, -0.05) is 80.1 Å². The zero-order chi connectivity index (χ0) is 27.0. The van der Waals surface area contributed by atoms with Crippen molar-refractivity contribution in [1.82, 2.24) is 24.7 Å². The second-order valence-electron chi connectivity index (χ2n) is 10.3. The van der Waals surface area contributed by atoms with Crippen molar-refractivity contribution in [2.24, 2.45) is 0 Å². The highest BCUT2D eigenvalue weighted by atomic mass is 16.2. The Morgan fingerprint density at radius 1 is 0.897 bits per heavy atom. The first-order chi connectivity index (χ1) is 19.2. The van der Waals surface area contributed by atoms with E-state index in [2.05, 4.69) is 118 Å². The van der Waals surface area contributed by atoms with Crippen molar-refractivity contribution in [3.63, 3.8) is 0 Å². The van der Waals surface area contributed by atoms with Crippen LogP contribution in [0, 0.1) is 0 Å². The summed E-state index contributed by atoms with van der Waals surface area (Å²) >= 11 is 0. The molecule has 0 unspecified atom stereocenters. The fourth-order valence-electron chi connectivity index (χ4n) is 5.54. The van der Waals surface area contributed by atoms with Crippen LogP contribution in [0.5, 0.6) is 0 Å². The SMILES string of the molecule is CCCCNC(=O)Nc1nc2cc(CN3CCN(C(c4ccccc4)c4ccccc4)CC3)ccc2n1CC. The second kappa shape index (κ2) is 12.9. The predicted octanol–water partition coefficient (Wildman–Crippen LogP) is 5.89. The van der Waals surface area contributed by atoms with Gasteiger partial charge in [0.05, 0.1) is 17.1 Å². The van der Waals surface area contributed by atoms with Crippen molar-refractivity contribution >= 4 is 23.0 Å². The molecular weight excluding hydrogens is 484 g/mol. The third-order valence-electron chi connectivity index (χ3n) is 7.58. The van der Waals surface area contributed by atoms with E-state index in [0.29, 0.717) is 12.5 Å². The lowest BCUT2D eigenvalue weighted by Gasteiger charge is -2.39. The van der Waals surface area contributed by atoms with Gasteiger partial charge < -0.3 is 9.88 Å². The summed E-state index contributed by atoms with van der Waals surface area (Å²) in [7, 11) is 0. The smallest absolute Gasteiger partial charge is 0.321 e. The van der Waals surface area contributed by atoms with Crippen LogP contribution in [-0.4, -0.2) is 58.1 Å². The highest BCUT2D eigenvalue weighted by Gasteiger charge is 2.26. The van der Waals surface area contributed by atoms with Crippen LogP contribution < -0.4 is 10.6 Å². The Kier molecular flexibility index (Phi) is 8.91. The number of aryl methyl sites for hydroxylation is 1. The molecule has 1 aliphatic rings. The molecule has 5 rings (SSSR count). The highest BCUT2D eigenvalue weighted by Crippen LogP contribution is 2.30. The zero-order valence-corrected chi connectivity index (χ0v) is 23.1. The van der Waals surface area contributed by atoms with Crippen LogP contribution in [-0.2, 0) is 13.1 Å². The molecule has 7 nitrogen and oxygen atoms in total. The van der Waals surface area contributed by atoms with Gasteiger partial charge >= 0.3 is 6.03 Å². The van der Waals surface area contributed by atoms with E-state index < -0.39 is 0 Å². The lowest BCUT2D eigenvalue weighted by atomic mass is 9.96. The lowest BCUT2D eigenvalue weighted by Crippen LogP contribution is -2.47. The molecule has 0 radical (unpaired) electrons. The molecule has 1 saturated heterocycles. The maximum absolute atomic E-state index is 12.3. The van der Waals surface area contributed by atoms with E-state index in [-0.39, 0.29) is 12.1 Å². The van der Waals surface area contributed by atoms with Gasteiger partial charge in [0.1, 0.15) is 0 Å². The summed E-state index contributed by atoms with van der Waals surface area (Å²) in [5.74, 6) is 0.597. The normalized spacial score (nSPS) is 14.6. The number of carbonyl (C=O) groups excluding carboxylic acids is 1. The topological polar surface area (TPSA) is 65.4 Å². The molecule has 1 aliphatic heterocycles. The number of benzene rings is 3. The summed E-state index contributed by atoms with van der Waals surface area (Å²) in [6.07, 6.45) is 2.01. The summed E-state index contributed by atoms with van der Waals surface area (Å²) < 4.78 is 2.06. The number of aromatic nitrogens is 2. The molecular formula is C32H40N6O. The zero-order valence-electron chi connectivity index (χ0n) is 23.1. The molecule has 2 amide bonds. The van der Waals surface area contributed by atoms with E-state index >= 15 is 0 Å². The Balaban J connectivity index is 1.24. The monoisotopic (exact) mass is 524 g/mol. The summed E-state index contributed by atoms with van der Waals surface area (Å²) in [5, 5.41) is 5.85. The molecule has 4 aromatic rings. The number of hydrogen-bond acceptors (Lipinski definition) is 4. The molecule has 0 spiro atoms. The highest BCUT2D eigenvalue weighted by molar-refractivity contribution is 5.90. The number of hydrogen-bond donors (Lipinski definition) is 2. The Labute approximate surface area is 231 Å². The summed E-state index contributed by atoms with van der Waals surface area (Å²) in [6.45, 7) is 10.6. The average molecular weight is 525 g/mol. The van der Waals surface area contributed by atoms with Gasteiger partial charge in [-0.3, -0.25) is 15.1 Å². The fourth-order valence-corrected chi connectivity index (χ4v) is 5.54. The first-order valence-electron chi connectivity index (χ1n) is 14.3. The van der Waals surface area contributed by atoms with Gasteiger partial charge in [0.25, 0.3) is 0 Å². The number of unbranched alkanes of at least 4 members (excludes halogenated alkanes) is 1. The van der Waals surface area contributed by atoms with Crippen molar-refractivity contribution in [3.8, 4) is 0 Å². The Bertz CT molecular complexity index is 1310. The Morgan fingerprint density at radius 3 is 2.18 bits per heavy atom. The van der Waals surface area contributed by atoms with E-state index in [9.17, 15) is 4.79 Å². The van der Waals surface area contributed by atoms with Crippen LogP contribution in [0.2, 0.25) is 0 Å². The van der Waals surface area contributed by atoms with Crippen molar-refractivity contribution in [1.29, 1.82) is 0 Å². The average Bonchev–Trinajstić information content (AvgIpc) is 3.31. The van der Waals surface area contributed by atoms with E-state index in [4.69, 9.17) is 4.98 Å². The van der Waals surface area contributed by atoms with Crippen LogP contribution in [0.1, 0.15) is 49.4 Å². The number of fused-ring (bicyclic) bond motifs is 1. The maximum Gasteiger partial charge on any atom is 0.321 e. The van der Waals surface area contributed by atoms with Crippen LogP contribution in [0.15, 0.2) is 78.9 Å². The summed E-state index contributed by atoms with van der Waals surface area (Å²) in [5.41, 5.74) is 5.90. The van der Waals surface area contributed by atoms with E-state index in [0.717, 1.165) is 63.1 Å². The number of amides is 2. The van der Waals surface area contributed by atoms with Gasteiger partial charge in [0, 0.05) is 45.8 Å². The number of rotatable bonds is 10. The molecule has 0 aliphatic carbocycles. The van der Waals surface area contributed by atoms with Gasteiger partial charge in [-0.15, -0.1) is 0 Å². The number of piperazine rings is 1. The molecule has 3 aromatic carbocycles. The molecule has 0 bridgehead atoms. The largest absolute Gasteiger partial charge is 0.338 e. The number of nitrogens with one attached hydrogen (secondary N) is 2. The molecule has 1 fully saturated rings. The van der Waals surface area contributed by atoms with Gasteiger partial charge in [0.2, 0.25) is 5.95 Å². The number of carbonyl (C=O) groups is 1. The summed E-state index contributed by atoms with van der Waals surface area (Å²) in [6, 6.07) is 28.3. The molecule has 0 saturated carbocycles. The second-order valence-corrected chi connectivity index (χ2v) is 10.3. The van der Waals surface area contributed by atoms with Crippen LogP contribution >= 0.6 is 0 Å². The van der Waals surface area contributed by atoms with Gasteiger partial charge in [-0.2, -0.15) is 0 Å². The van der Waals surface area contributed by atoms with Crippen molar-refractivity contribution < 1.29 is 4.79 Å². The fraction of sp³-hybridized carbons (Fsp3) is 0.375. The number of nitrogens with zero attached hydrogens (tertiary/aromatic N) is 4. The number of anilines is 1. The quantitative estimate of drug-likeness (QED) is 0.254. The van der Waals surface area contributed by atoms with Gasteiger partial charge in [0.15, 0.2) is 0 Å². The van der Waals surface area contributed by atoms with Crippen LogP contribution in [0.25, 0.3) is 11.0 Å². The first kappa shape index (κ1) is 26.9. The minimum absolute atomic E-state index is 0.198. The van der Waals surface area contributed by atoms with E-state index in [1.54, 1.807) is 0 Å². The molecule has 204 valence electrons.